The van der Waals surface area contributed by atoms with E-state index < -0.39 is 16.8 Å². The summed E-state index contributed by atoms with van der Waals surface area (Å²) in [5.74, 6) is -1.24. The van der Waals surface area contributed by atoms with Crippen LogP contribution in [0, 0.1) is 15.9 Å². The Labute approximate surface area is 121 Å². The van der Waals surface area contributed by atoms with Gasteiger partial charge in [0.2, 0.25) is 5.75 Å². The molecule has 0 aliphatic heterocycles. The molecule has 1 N–H and O–H groups in total. The van der Waals surface area contributed by atoms with E-state index >= 15 is 0 Å². The van der Waals surface area contributed by atoms with Crippen molar-refractivity contribution in [1.29, 1.82) is 0 Å². The van der Waals surface area contributed by atoms with Crippen LogP contribution in [0.4, 0.5) is 10.1 Å². The SMILES string of the molecule is CC(Oc1cc(F)ccc1[N+](=O)[O-])C(=O)NC1CCCC1. The van der Waals surface area contributed by atoms with Crippen molar-refractivity contribution in [3.8, 4) is 5.75 Å². The van der Waals surface area contributed by atoms with E-state index in [4.69, 9.17) is 4.74 Å². The van der Waals surface area contributed by atoms with Gasteiger partial charge in [0.15, 0.2) is 6.10 Å². The molecule has 0 heterocycles. The number of amides is 1. The molecule has 0 aromatic heterocycles. The Morgan fingerprint density at radius 3 is 2.76 bits per heavy atom. The number of nitrogens with one attached hydrogen (secondary N) is 1. The highest BCUT2D eigenvalue weighted by Crippen LogP contribution is 2.28. The zero-order valence-electron chi connectivity index (χ0n) is 11.7. The highest BCUT2D eigenvalue weighted by Gasteiger charge is 2.24. The van der Waals surface area contributed by atoms with Crippen LogP contribution in [0.15, 0.2) is 18.2 Å². The lowest BCUT2D eigenvalue weighted by Crippen LogP contribution is -2.41. The number of hydrogen-bond donors (Lipinski definition) is 1. The number of rotatable bonds is 5. The molecule has 7 heteroatoms. The van der Waals surface area contributed by atoms with Gasteiger partial charge in [-0.05, 0) is 25.8 Å². The van der Waals surface area contributed by atoms with Gasteiger partial charge >= 0.3 is 5.69 Å². The summed E-state index contributed by atoms with van der Waals surface area (Å²) in [7, 11) is 0. The predicted octanol–water partition coefficient (Wildman–Crippen LogP) is 2.56. The maximum Gasteiger partial charge on any atom is 0.311 e. The highest BCUT2D eigenvalue weighted by molar-refractivity contribution is 5.81. The molecule has 2 rings (SSSR count). The van der Waals surface area contributed by atoms with Crippen molar-refractivity contribution in [2.24, 2.45) is 0 Å². The number of nitro groups is 1. The van der Waals surface area contributed by atoms with Crippen LogP contribution in [0.3, 0.4) is 0 Å². The summed E-state index contributed by atoms with van der Waals surface area (Å²) in [6.45, 7) is 1.49. The van der Waals surface area contributed by atoms with Gasteiger partial charge in [-0.2, -0.15) is 0 Å². The van der Waals surface area contributed by atoms with Crippen LogP contribution in [0.25, 0.3) is 0 Å². The highest BCUT2D eigenvalue weighted by atomic mass is 19.1. The number of hydrogen-bond acceptors (Lipinski definition) is 4. The molecule has 0 radical (unpaired) electrons. The summed E-state index contributed by atoms with van der Waals surface area (Å²) < 4.78 is 18.5. The molecule has 1 fully saturated rings. The van der Waals surface area contributed by atoms with Gasteiger partial charge in [0.25, 0.3) is 5.91 Å². The number of halogens is 1. The van der Waals surface area contributed by atoms with E-state index in [2.05, 4.69) is 5.32 Å². The Kier molecular flexibility index (Phi) is 4.72. The summed E-state index contributed by atoms with van der Waals surface area (Å²) in [4.78, 5) is 22.2. The fourth-order valence-corrected chi connectivity index (χ4v) is 2.37. The smallest absolute Gasteiger partial charge is 0.311 e. The maximum absolute atomic E-state index is 13.2. The Balaban J connectivity index is 2.04. The zero-order valence-corrected chi connectivity index (χ0v) is 11.7. The molecule has 1 unspecified atom stereocenters. The van der Waals surface area contributed by atoms with Crippen molar-refractivity contribution in [2.45, 2.75) is 44.8 Å². The molecule has 1 aromatic rings. The molecular weight excluding hydrogens is 279 g/mol. The quantitative estimate of drug-likeness (QED) is 0.668. The average molecular weight is 296 g/mol. The van der Waals surface area contributed by atoms with Crippen LogP contribution in [-0.4, -0.2) is 23.0 Å². The number of ether oxygens (including phenoxy) is 1. The summed E-state index contributed by atoms with van der Waals surface area (Å²) in [6, 6.07) is 3.05. The van der Waals surface area contributed by atoms with Gasteiger partial charge in [-0.3, -0.25) is 14.9 Å². The van der Waals surface area contributed by atoms with E-state index in [0.29, 0.717) is 0 Å². The fourth-order valence-electron chi connectivity index (χ4n) is 2.37. The Morgan fingerprint density at radius 1 is 1.48 bits per heavy atom. The number of nitro benzene ring substituents is 1. The first-order valence-corrected chi connectivity index (χ1v) is 6.88. The lowest BCUT2D eigenvalue weighted by atomic mass is 10.2. The minimum atomic E-state index is -0.925. The van der Waals surface area contributed by atoms with E-state index in [1.807, 2.05) is 0 Å². The first-order valence-electron chi connectivity index (χ1n) is 6.88. The van der Waals surface area contributed by atoms with E-state index in [1.54, 1.807) is 0 Å². The third-order valence-corrected chi connectivity index (χ3v) is 3.49. The molecule has 1 aromatic carbocycles. The van der Waals surface area contributed by atoms with Crippen LogP contribution in [-0.2, 0) is 4.79 Å². The molecule has 0 bridgehead atoms. The van der Waals surface area contributed by atoms with Crippen LogP contribution in [0.1, 0.15) is 32.6 Å². The van der Waals surface area contributed by atoms with Crippen LogP contribution < -0.4 is 10.1 Å². The molecule has 1 saturated carbocycles. The van der Waals surface area contributed by atoms with Crippen LogP contribution >= 0.6 is 0 Å². The molecule has 1 amide bonds. The van der Waals surface area contributed by atoms with Crippen molar-refractivity contribution < 1.29 is 18.8 Å². The first-order chi connectivity index (χ1) is 9.97. The number of nitrogens with zero attached hydrogens (tertiary/aromatic N) is 1. The van der Waals surface area contributed by atoms with E-state index in [9.17, 15) is 19.3 Å². The van der Waals surface area contributed by atoms with Crippen molar-refractivity contribution in [3.05, 3.63) is 34.1 Å². The normalized spacial score (nSPS) is 16.5. The zero-order chi connectivity index (χ0) is 15.4. The Bertz CT molecular complexity index is 544. The fraction of sp³-hybridized carbons (Fsp3) is 0.500. The monoisotopic (exact) mass is 296 g/mol. The van der Waals surface area contributed by atoms with Gasteiger partial charge in [-0.1, -0.05) is 12.8 Å². The van der Waals surface area contributed by atoms with Gasteiger partial charge in [0, 0.05) is 18.2 Å². The first kappa shape index (κ1) is 15.2. The van der Waals surface area contributed by atoms with Crippen LogP contribution in [0.2, 0.25) is 0 Å². The van der Waals surface area contributed by atoms with Gasteiger partial charge in [0.05, 0.1) is 4.92 Å². The molecule has 6 nitrogen and oxygen atoms in total. The van der Waals surface area contributed by atoms with Crippen LogP contribution in [0.5, 0.6) is 5.75 Å². The summed E-state index contributed by atoms with van der Waals surface area (Å²) >= 11 is 0. The van der Waals surface area contributed by atoms with Gasteiger partial charge in [0.1, 0.15) is 5.82 Å². The van der Waals surface area contributed by atoms with E-state index in [0.717, 1.165) is 43.9 Å². The molecule has 1 aliphatic carbocycles. The molecule has 1 aliphatic rings. The van der Waals surface area contributed by atoms with Crippen molar-refractivity contribution in [2.75, 3.05) is 0 Å². The summed E-state index contributed by atoms with van der Waals surface area (Å²) in [6.07, 6.45) is 3.09. The minimum Gasteiger partial charge on any atom is -0.474 e. The molecule has 0 saturated heterocycles. The summed E-state index contributed by atoms with van der Waals surface area (Å²) in [5.41, 5.74) is -0.364. The molecular formula is C14H17FN2O4. The average Bonchev–Trinajstić information content (AvgIpc) is 2.91. The van der Waals surface area contributed by atoms with Gasteiger partial charge in [-0.25, -0.2) is 4.39 Å². The molecule has 1 atom stereocenters. The van der Waals surface area contributed by atoms with Gasteiger partial charge in [-0.15, -0.1) is 0 Å². The topological polar surface area (TPSA) is 81.5 Å². The molecule has 0 spiro atoms. The Hall–Kier alpha value is -2.18. The van der Waals surface area contributed by atoms with Crippen molar-refractivity contribution >= 4 is 11.6 Å². The third kappa shape index (κ3) is 3.90. The Morgan fingerprint density at radius 2 is 2.14 bits per heavy atom. The van der Waals surface area contributed by atoms with Gasteiger partial charge < -0.3 is 10.1 Å². The van der Waals surface area contributed by atoms with E-state index in [1.165, 1.54) is 6.92 Å². The lowest BCUT2D eigenvalue weighted by Gasteiger charge is -2.18. The second-order valence-corrected chi connectivity index (χ2v) is 5.12. The standard InChI is InChI=1S/C14H17FN2O4/c1-9(14(18)16-11-4-2-3-5-11)21-13-8-10(15)6-7-12(13)17(19)20/h6-9,11H,2-5H2,1H3,(H,16,18). The largest absolute Gasteiger partial charge is 0.474 e. The second-order valence-electron chi connectivity index (χ2n) is 5.12. The number of benzene rings is 1. The van der Waals surface area contributed by atoms with E-state index in [-0.39, 0.29) is 23.4 Å². The van der Waals surface area contributed by atoms with Crippen molar-refractivity contribution in [1.82, 2.24) is 5.32 Å². The molecule has 114 valence electrons. The second kappa shape index (κ2) is 6.51. The predicted molar refractivity (Wildman–Crippen MR) is 73.5 cm³/mol. The van der Waals surface area contributed by atoms with Crippen molar-refractivity contribution in [3.63, 3.8) is 0 Å². The maximum atomic E-state index is 13.2. The molecule has 21 heavy (non-hydrogen) atoms. The third-order valence-electron chi connectivity index (χ3n) is 3.49. The number of carbonyl (C=O) groups excluding carboxylic acids is 1. The lowest BCUT2D eigenvalue weighted by molar-refractivity contribution is -0.386. The minimum absolute atomic E-state index is 0.131. The summed E-state index contributed by atoms with van der Waals surface area (Å²) in [5, 5.41) is 13.7. The number of carbonyl (C=O) groups is 1.